The maximum absolute atomic E-state index is 13.7. The van der Waals surface area contributed by atoms with Crippen molar-refractivity contribution in [3.8, 4) is 0 Å². The average Bonchev–Trinajstić information content (AvgIpc) is 3.21. The van der Waals surface area contributed by atoms with E-state index in [0.717, 1.165) is 44.7 Å². The third-order valence-electron chi connectivity index (χ3n) is 6.22. The Hall–Kier alpha value is -4.38. The number of nitrogens with one attached hydrogen (secondary N) is 2. The molecule has 1 aromatic heterocycles. The molecular weight excluding hydrogens is 408 g/mol. The van der Waals surface area contributed by atoms with Gasteiger partial charge in [-0.15, -0.1) is 0 Å². The van der Waals surface area contributed by atoms with Crippen LogP contribution in [0.15, 0.2) is 108 Å². The molecule has 0 bridgehead atoms. The Morgan fingerprint density at radius 3 is 2.48 bits per heavy atom. The zero-order valence-corrected chi connectivity index (χ0v) is 18.1. The summed E-state index contributed by atoms with van der Waals surface area (Å²) in [6.45, 7) is 1.95. The van der Waals surface area contributed by atoms with Crippen molar-refractivity contribution in [2.24, 2.45) is 0 Å². The number of allylic oxidation sites excluding steroid dienone is 1. The number of anilines is 2. The van der Waals surface area contributed by atoms with Crippen molar-refractivity contribution in [2.45, 2.75) is 13.0 Å². The Balaban J connectivity index is 1.60. The molecule has 0 saturated heterocycles. The Morgan fingerprint density at radius 2 is 1.61 bits per heavy atom. The van der Waals surface area contributed by atoms with Gasteiger partial charge in [0.05, 0.1) is 22.6 Å². The molecule has 1 aliphatic rings. The number of amides is 1. The molecule has 1 amide bonds. The lowest BCUT2D eigenvalue weighted by atomic mass is 9.90. The van der Waals surface area contributed by atoms with Gasteiger partial charge in [0.1, 0.15) is 0 Å². The highest BCUT2D eigenvalue weighted by Crippen LogP contribution is 2.41. The van der Waals surface area contributed by atoms with Gasteiger partial charge in [0, 0.05) is 11.4 Å². The summed E-state index contributed by atoms with van der Waals surface area (Å²) < 4.78 is 2.14. The summed E-state index contributed by atoms with van der Waals surface area (Å²) in [5.41, 5.74) is 5.17. The Labute approximate surface area is 191 Å². The number of aromatic nitrogens is 2. The molecule has 0 aliphatic carbocycles. The number of para-hydroxylation sites is 3. The lowest BCUT2D eigenvalue weighted by Crippen LogP contribution is -2.31. The summed E-state index contributed by atoms with van der Waals surface area (Å²) in [5.74, 6) is 0.607. The number of rotatable bonds is 3. The standard InChI is InChI=1S/C28H22N4O/c1-18-25(27(33)30-20-12-3-2-4-13-20)26(22-15-9-11-19-10-5-6-14-21(19)22)32-24-17-8-7-16-23(24)31-28(32)29-18/h2-17,26H,1H3,(H,29,31)(H,30,33)/t26-/m1/s1. The second-order valence-electron chi connectivity index (χ2n) is 8.25. The number of hydrogen-bond donors (Lipinski definition) is 2. The van der Waals surface area contributed by atoms with Crippen molar-refractivity contribution in [3.63, 3.8) is 0 Å². The zero-order valence-electron chi connectivity index (χ0n) is 18.1. The van der Waals surface area contributed by atoms with E-state index in [9.17, 15) is 4.79 Å². The monoisotopic (exact) mass is 430 g/mol. The second-order valence-corrected chi connectivity index (χ2v) is 8.25. The number of nitrogens with zero attached hydrogens (tertiary/aromatic N) is 2. The second kappa shape index (κ2) is 7.64. The van der Waals surface area contributed by atoms with E-state index < -0.39 is 0 Å². The van der Waals surface area contributed by atoms with E-state index in [1.807, 2.05) is 67.6 Å². The molecule has 2 N–H and O–H groups in total. The highest BCUT2D eigenvalue weighted by Gasteiger charge is 2.34. The fourth-order valence-electron chi connectivity index (χ4n) is 4.76. The van der Waals surface area contributed by atoms with Crippen LogP contribution in [0, 0.1) is 0 Å². The minimum absolute atomic E-state index is 0.132. The van der Waals surface area contributed by atoms with Gasteiger partial charge in [-0.1, -0.05) is 72.8 Å². The molecule has 1 aliphatic heterocycles. The van der Waals surface area contributed by atoms with Crippen molar-refractivity contribution in [1.29, 1.82) is 0 Å². The van der Waals surface area contributed by atoms with E-state index in [1.54, 1.807) is 0 Å². The molecule has 0 radical (unpaired) electrons. The molecule has 5 nitrogen and oxygen atoms in total. The molecule has 0 unspecified atom stereocenters. The molecule has 0 saturated carbocycles. The lowest BCUT2D eigenvalue weighted by Gasteiger charge is -2.31. The molecule has 0 fully saturated rings. The molecule has 6 rings (SSSR count). The van der Waals surface area contributed by atoms with E-state index in [0.29, 0.717) is 5.57 Å². The predicted octanol–water partition coefficient (Wildman–Crippen LogP) is 6.12. The Bertz CT molecular complexity index is 1540. The molecule has 160 valence electrons. The van der Waals surface area contributed by atoms with E-state index in [1.165, 1.54) is 0 Å². The first-order chi connectivity index (χ1) is 16.2. The van der Waals surface area contributed by atoms with Crippen LogP contribution in [0.4, 0.5) is 11.6 Å². The van der Waals surface area contributed by atoms with Gasteiger partial charge in [-0.3, -0.25) is 9.36 Å². The van der Waals surface area contributed by atoms with Gasteiger partial charge in [-0.05, 0) is 47.5 Å². The predicted molar refractivity (Wildman–Crippen MR) is 133 cm³/mol. The van der Waals surface area contributed by atoms with Crippen molar-refractivity contribution in [2.75, 3.05) is 10.6 Å². The summed E-state index contributed by atoms with van der Waals surface area (Å²) >= 11 is 0. The maximum atomic E-state index is 13.7. The van der Waals surface area contributed by atoms with Crippen LogP contribution < -0.4 is 10.6 Å². The first-order valence-electron chi connectivity index (χ1n) is 11.0. The number of carbonyl (C=O) groups is 1. The summed E-state index contributed by atoms with van der Waals surface area (Å²) in [6, 6.07) is 31.9. The van der Waals surface area contributed by atoms with Gasteiger partial charge in [0.25, 0.3) is 5.91 Å². The fraction of sp³-hybridized carbons (Fsp3) is 0.0714. The van der Waals surface area contributed by atoms with Gasteiger partial charge in [0.2, 0.25) is 5.95 Å². The minimum Gasteiger partial charge on any atom is -0.329 e. The molecule has 0 spiro atoms. The third-order valence-corrected chi connectivity index (χ3v) is 6.22. The normalized spacial score (nSPS) is 15.4. The van der Waals surface area contributed by atoms with Crippen LogP contribution in [0.25, 0.3) is 21.8 Å². The molecule has 5 aromatic rings. The summed E-state index contributed by atoms with van der Waals surface area (Å²) in [6.07, 6.45) is 0. The highest BCUT2D eigenvalue weighted by atomic mass is 16.1. The van der Waals surface area contributed by atoms with Crippen LogP contribution in [0.1, 0.15) is 18.5 Å². The Kier molecular flexibility index (Phi) is 4.47. The largest absolute Gasteiger partial charge is 0.329 e. The van der Waals surface area contributed by atoms with Crippen LogP contribution in [0.2, 0.25) is 0 Å². The van der Waals surface area contributed by atoms with Crippen molar-refractivity contribution >= 4 is 39.3 Å². The number of carbonyl (C=O) groups excluding carboxylic acids is 1. The fourth-order valence-corrected chi connectivity index (χ4v) is 4.76. The molecule has 4 aromatic carbocycles. The van der Waals surface area contributed by atoms with Gasteiger partial charge < -0.3 is 10.6 Å². The number of hydrogen-bond acceptors (Lipinski definition) is 3. The summed E-state index contributed by atoms with van der Waals surface area (Å²) in [7, 11) is 0. The SMILES string of the molecule is CC1=C(C(=O)Nc2ccccc2)[C@@H](c2cccc3ccccc23)n2c(nc3ccccc32)N1. The first-order valence-corrected chi connectivity index (χ1v) is 11.0. The van der Waals surface area contributed by atoms with Gasteiger partial charge >= 0.3 is 0 Å². The quantitative estimate of drug-likeness (QED) is 0.363. The van der Waals surface area contributed by atoms with Crippen LogP contribution in [0.3, 0.4) is 0 Å². The van der Waals surface area contributed by atoms with E-state index in [4.69, 9.17) is 4.98 Å². The van der Waals surface area contributed by atoms with E-state index in [2.05, 4.69) is 51.6 Å². The van der Waals surface area contributed by atoms with E-state index >= 15 is 0 Å². The van der Waals surface area contributed by atoms with Gasteiger partial charge in [-0.25, -0.2) is 4.98 Å². The van der Waals surface area contributed by atoms with E-state index in [-0.39, 0.29) is 11.9 Å². The van der Waals surface area contributed by atoms with Crippen molar-refractivity contribution in [3.05, 3.63) is 114 Å². The molecule has 5 heteroatoms. The highest BCUT2D eigenvalue weighted by molar-refractivity contribution is 6.07. The van der Waals surface area contributed by atoms with Crippen molar-refractivity contribution < 1.29 is 4.79 Å². The molecule has 1 atom stereocenters. The maximum Gasteiger partial charge on any atom is 0.255 e. The number of benzene rings is 4. The molecular formula is C28H22N4O. The van der Waals surface area contributed by atoms with Crippen molar-refractivity contribution in [1.82, 2.24) is 9.55 Å². The van der Waals surface area contributed by atoms with Crippen LogP contribution in [-0.4, -0.2) is 15.5 Å². The van der Waals surface area contributed by atoms with Gasteiger partial charge in [0.15, 0.2) is 0 Å². The van der Waals surface area contributed by atoms with Gasteiger partial charge in [-0.2, -0.15) is 0 Å². The topological polar surface area (TPSA) is 59.0 Å². The lowest BCUT2D eigenvalue weighted by molar-refractivity contribution is -0.113. The number of imidazole rings is 1. The first kappa shape index (κ1) is 19.3. The summed E-state index contributed by atoms with van der Waals surface area (Å²) in [5, 5.41) is 8.73. The van der Waals surface area contributed by atoms with Crippen LogP contribution in [-0.2, 0) is 4.79 Å². The zero-order chi connectivity index (χ0) is 22.4. The number of fused-ring (bicyclic) bond motifs is 4. The molecule has 33 heavy (non-hydrogen) atoms. The third kappa shape index (κ3) is 3.17. The Morgan fingerprint density at radius 1 is 0.879 bits per heavy atom. The van der Waals surface area contributed by atoms with Crippen LogP contribution in [0.5, 0.6) is 0 Å². The smallest absolute Gasteiger partial charge is 0.255 e. The minimum atomic E-state index is -0.330. The van der Waals surface area contributed by atoms with Crippen LogP contribution >= 0.6 is 0 Å². The average molecular weight is 431 g/mol. The summed E-state index contributed by atoms with van der Waals surface area (Å²) in [4.78, 5) is 18.5. The molecule has 2 heterocycles.